The molecule has 0 unspecified atom stereocenters. The number of rotatable bonds is 2. The number of aryl methyl sites for hydroxylation is 1. The highest BCUT2D eigenvalue weighted by Gasteiger charge is 2.25. The summed E-state index contributed by atoms with van der Waals surface area (Å²) >= 11 is 1.53. The van der Waals surface area contributed by atoms with Gasteiger partial charge < -0.3 is 10.5 Å². The van der Waals surface area contributed by atoms with E-state index in [2.05, 4.69) is 0 Å². The van der Waals surface area contributed by atoms with E-state index in [9.17, 15) is 4.79 Å². The van der Waals surface area contributed by atoms with Gasteiger partial charge in [0.2, 0.25) is 0 Å². The van der Waals surface area contributed by atoms with E-state index in [1.807, 2.05) is 0 Å². The van der Waals surface area contributed by atoms with Gasteiger partial charge in [-0.3, -0.25) is 0 Å². The number of carbonyl (C=O) groups excluding carboxylic acids is 1. The number of anilines is 1. The predicted molar refractivity (Wildman–Crippen MR) is 56.7 cm³/mol. The molecule has 14 heavy (non-hydrogen) atoms. The molecule has 2 N–H and O–H groups in total. The third-order valence-electron chi connectivity index (χ3n) is 2.43. The van der Waals surface area contributed by atoms with Gasteiger partial charge in [0.15, 0.2) is 0 Å². The number of fused-ring (bicyclic) bond motifs is 1. The largest absolute Gasteiger partial charge is 0.462 e. The second kappa shape index (κ2) is 3.61. The molecule has 0 aliphatic heterocycles. The summed E-state index contributed by atoms with van der Waals surface area (Å²) in [6, 6.07) is 0. The first-order valence-corrected chi connectivity index (χ1v) is 5.62. The fraction of sp³-hybridized carbons (Fsp3) is 0.500. The summed E-state index contributed by atoms with van der Waals surface area (Å²) in [5, 5.41) is 0.619. The van der Waals surface area contributed by atoms with Gasteiger partial charge in [0, 0.05) is 4.88 Å². The monoisotopic (exact) mass is 211 g/mol. The van der Waals surface area contributed by atoms with Crippen LogP contribution in [0.1, 0.15) is 34.1 Å². The van der Waals surface area contributed by atoms with Crippen LogP contribution >= 0.6 is 11.3 Å². The van der Waals surface area contributed by atoms with Crippen LogP contribution in [-0.2, 0) is 17.6 Å². The van der Waals surface area contributed by atoms with E-state index in [-0.39, 0.29) is 5.97 Å². The SMILES string of the molecule is CCOC(=O)c1c(N)sc2c1CCC2. The molecule has 0 saturated carbocycles. The Bertz CT molecular complexity index is 370. The van der Waals surface area contributed by atoms with Crippen molar-refractivity contribution in [3.05, 3.63) is 16.0 Å². The lowest BCUT2D eigenvalue weighted by atomic mass is 10.1. The van der Waals surface area contributed by atoms with Crippen LogP contribution in [0.15, 0.2) is 0 Å². The molecule has 1 aromatic rings. The second-order valence-corrected chi connectivity index (χ2v) is 4.45. The summed E-state index contributed by atoms with van der Waals surface area (Å²) in [6.07, 6.45) is 3.16. The lowest BCUT2D eigenvalue weighted by molar-refractivity contribution is 0.0527. The maximum absolute atomic E-state index is 11.6. The number of ether oxygens (including phenoxy) is 1. The van der Waals surface area contributed by atoms with Crippen molar-refractivity contribution in [1.29, 1.82) is 0 Å². The number of esters is 1. The molecule has 2 rings (SSSR count). The van der Waals surface area contributed by atoms with Crippen molar-refractivity contribution in [2.75, 3.05) is 12.3 Å². The van der Waals surface area contributed by atoms with E-state index in [1.54, 1.807) is 6.92 Å². The molecule has 0 aromatic carbocycles. The summed E-state index contributed by atoms with van der Waals surface area (Å²) in [6.45, 7) is 2.21. The predicted octanol–water partition coefficient (Wildman–Crippen LogP) is 2.00. The molecule has 0 atom stereocenters. The lowest BCUT2D eigenvalue weighted by Crippen LogP contribution is -2.08. The van der Waals surface area contributed by atoms with E-state index in [0.29, 0.717) is 17.2 Å². The minimum atomic E-state index is -0.260. The van der Waals surface area contributed by atoms with Crippen molar-refractivity contribution in [3.63, 3.8) is 0 Å². The Morgan fingerprint density at radius 1 is 1.57 bits per heavy atom. The third-order valence-corrected chi connectivity index (χ3v) is 3.55. The molecule has 0 amide bonds. The van der Waals surface area contributed by atoms with Crippen molar-refractivity contribution in [1.82, 2.24) is 0 Å². The Hall–Kier alpha value is -1.03. The highest BCUT2D eigenvalue weighted by Crippen LogP contribution is 2.37. The Labute approximate surface area is 86.9 Å². The van der Waals surface area contributed by atoms with Crippen LogP contribution in [0.5, 0.6) is 0 Å². The van der Waals surface area contributed by atoms with Crippen LogP contribution in [0.25, 0.3) is 0 Å². The van der Waals surface area contributed by atoms with Crippen molar-refractivity contribution in [2.24, 2.45) is 0 Å². The van der Waals surface area contributed by atoms with Gasteiger partial charge in [0.1, 0.15) is 5.00 Å². The molecule has 3 nitrogen and oxygen atoms in total. The Morgan fingerprint density at radius 2 is 2.36 bits per heavy atom. The van der Waals surface area contributed by atoms with E-state index in [1.165, 1.54) is 16.2 Å². The Balaban J connectivity index is 2.37. The third kappa shape index (κ3) is 1.39. The van der Waals surface area contributed by atoms with Crippen molar-refractivity contribution in [2.45, 2.75) is 26.2 Å². The van der Waals surface area contributed by atoms with Gasteiger partial charge in [0.25, 0.3) is 0 Å². The normalized spacial score (nSPS) is 14.1. The summed E-state index contributed by atoms with van der Waals surface area (Å²) < 4.78 is 4.98. The first-order valence-electron chi connectivity index (χ1n) is 4.81. The molecule has 0 fully saturated rings. The van der Waals surface area contributed by atoms with Crippen molar-refractivity contribution >= 4 is 22.3 Å². The zero-order valence-corrected chi connectivity index (χ0v) is 8.95. The van der Waals surface area contributed by atoms with Gasteiger partial charge in [0.05, 0.1) is 12.2 Å². The summed E-state index contributed by atoms with van der Waals surface area (Å²) in [5.74, 6) is -0.260. The highest BCUT2D eigenvalue weighted by atomic mass is 32.1. The minimum absolute atomic E-state index is 0.260. The standard InChI is InChI=1S/C10H13NO2S/c1-2-13-10(12)8-6-4-3-5-7(6)14-9(8)11/h2-5,11H2,1H3. The zero-order valence-electron chi connectivity index (χ0n) is 8.13. The maximum atomic E-state index is 11.6. The van der Waals surface area contributed by atoms with Gasteiger partial charge in [-0.05, 0) is 31.7 Å². The first-order chi connectivity index (χ1) is 6.74. The van der Waals surface area contributed by atoms with Gasteiger partial charge in [-0.15, -0.1) is 11.3 Å². The molecule has 0 spiro atoms. The molecule has 4 heteroatoms. The maximum Gasteiger partial charge on any atom is 0.341 e. The number of hydrogen-bond acceptors (Lipinski definition) is 4. The Morgan fingerprint density at radius 3 is 3.07 bits per heavy atom. The molecule has 1 aliphatic rings. The first kappa shape index (κ1) is 9.52. The quantitative estimate of drug-likeness (QED) is 0.761. The average Bonchev–Trinajstić information content (AvgIpc) is 2.63. The summed E-state index contributed by atoms with van der Waals surface area (Å²) in [5.41, 5.74) is 7.56. The van der Waals surface area contributed by atoms with E-state index in [0.717, 1.165) is 24.8 Å². The summed E-state index contributed by atoms with van der Waals surface area (Å²) in [4.78, 5) is 12.9. The Kier molecular flexibility index (Phi) is 2.46. The van der Waals surface area contributed by atoms with Gasteiger partial charge >= 0.3 is 5.97 Å². The molecule has 76 valence electrons. The molecule has 0 saturated heterocycles. The van der Waals surface area contributed by atoms with Crippen LogP contribution in [0.3, 0.4) is 0 Å². The second-order valence-electron chi connectivity index (χ2n) is 3.32. The van der Waals surface area contributed by atoms with Gasteiger partial charge in [-0.2, -0.15) is 0 Å². The lowest BCUT2D eigenvalue weighted by Gasteiger charge is -2.02. The van der Waals surface area contributed by atoms with E-state index < -0.39 is 0 Å². The van der Waals surface area contributed by atoms with Gasteiger partial charge in [-0.1, -0.05) is 0 Å². The minimum Gasteiger partial charge on any atom is -0.462 e. The average molecular weight is 211 g/mol. The topological polar surface area (TPSA) is 52.3 Å². The number of hydrogen-bond donors (Lipinski definition) is 1. The van der Waals surface area contributed by atoms with Gasteiger partial charge in [-0.25, -0.2) is 4.79 Å². The molecular weight excluding hydrogens is 198 g/mol. The number of nitrogen functional groups attached to an aromatic ring is 1. The highest BCUT2D eigenvalue weighted by molar-refractivity contribution is 7.16. The van der Waals surface area contributed by atoms with Crippen LogP contribution in [-0.4, -0.2) is 12.6 Å². The van der Waals surface area contributed by atoms with Crippen LogP contribution in [0, 0.1) is 0 Å². The summed E-state index contributed by atoms with van der Waals surface area (Å²) in [7, 11) is 0. The molecule has 1 aromatic heterocycles. The van der Waals surface area contributed by atoms with Crippen molar-refractivity contribution in [3.8, 4) is 0 Å². The zero-order chi connectivity index (χ0) is 10.1. The smallest absolute Gasteiger partial charge is 0.341 e. The molecular formula is C10H13NO2S. The van der Waals surface area contributed by atoms with E-state index >= 15 is 0 Å². The fourth-order valence-corrected chi connectivity index (χ4v) is 3.00. The molecule has 1 aliphatic carbocycles. The van der Waals surface area contributed by atoms with Crippen LogP contribution < -0.4 is 5.73 Å². The van der Waals surface area contributed by atoms with Crippen molar-refractivity contribution < 1.29 is 9.53 Å². The number of nitrogens with two attached hydrogens (primary N) is 1. The van der Waals surface area contributed by atoms with E-state index in [4.69, 9.17) is 10.5 Å². The molecule has 1 heterocycles. The molecule has 0 radical (unpaired) electrons. The van der Waals surface area contributed by atoms with Crippen LogP contribution in [0.2, 0.25) is 0 Å². The number of thiophene rings is 1. The van der Waals surface area contributed by atoms with Crippen LogP contribution in [0.4, 0.5) is 5.00 Å². The fourth-order valence-electron chi connectivity index (χ4n) is 1.85. The number of carbonyl (C=O) groups is 1. The molecule has 0 bridgehead atoms.